The molecule has 12 heavy (non-hydrogen) atoms. The summed E-state index contributed by atoms with van der Waals surface area (Å²) in [6, 6.07) is 0. The lowest BCUT2D eigenvalue weighted by Crippen LogP contribution is -2.39. The number of hydrogen-bond donors (Lipinski definition) is 1. The minimum Gasteiger partial charge on any atom is -0.482 e. The zero-order valence-electron chi connectivity index (χ0n) is 7.30. The number of hydrogen-bond acceptors (Lipinski definition) is 4. The zero-order chi connectivity index (χ0) is 9.52. The molecule has 0 heterocycles. The lowest BCUT2D eigenvalue weighted by Gasteiger charge is -2.22. The Morgan fingerprint density at radius 1 is 1.17 bits per heavy atom. The minimum absolute atomic E-state index is 0.00694. The lowest BCUT2D eigenvalue weighted by atomic mass is 10.1. The molecule has 0 unspecified atom stereocenters. The zero-order valence-corrected chi connectivity index (χ0v) is 7.30. The Morgan fingerprint density at radius 3 is 2.00 bits per heavy atom. The number of nitrogen functional groups attached to an aromatic ring is 1. The molecule has 0 amide bonds. The van der Waals surface area contributed by atoms with E-state index in [2.05, 4.69) is 0 Å². The van der Waals surface area contributed by atoms with Gasteiger partial charge >= 0.3 is 0 Å². The normalized spacial score (nSPS) is 11.9. The monoisotopic (exact) mass is 169 g/mol. The molecule has 0 saturated carbocycles. The average molecular weight is 169 g/mol. The van der Waals surface area contributed by atoms with Crippen molar-refractivity contribution in [3.8, 4) is 5.75 Å². The van der Waals surface area contributed by atoms with Crippen molar-refractivity contribution in [3.05, 3.63) is 20.4 Å². The van der Waals surface area contributed by atoms with E-state index in [-0.39, 0.29) is 11.4 Å². The second-order valence-electron chi connectivity index (χ2n) is 3.62. The van der Waals surface area contributed by atoms with Crippen LogP contribution in [0.4, 0.5) is 5.69 Å². The van der Waals surface area contributed by atoms with E-state index in [1.54, 1.807) is 20.8 Å². The molecule has 0 fully saturated rings. The molecular weight excluding hydrogens is 158 g/mol. The smallest absolute Gasteiger partial charge is 0.272 e. The van der Waals surface area contributed by atoms with Crippen molar-refractivity contribution in [1.29, 1.82) is 0 Å². The molecule has 0 aliphatic heterocycles. The van der Waals surface area contributed by atoms with Gasteiger partial charge in [0.15, 0.2) is 5.75 Å². The van der Waals surface area contributed by atoms with E-state index in [1.165, 1.54) is 0 Å². The molecule has 0 aromatic heterocycles. The Labute approximate surface area is 69.6 Å². The molecule has 66 valence electrons. The van der Waals surface area contributed by atoms with Gasteiger partial charge < -0.3 is 10.5 Å². The first-order chi connectivity index (χ1) is 5.33. The van der Waals surface area contributed by atoms with Crippen LogP contribution in [0.5, 0.6) is 5.75 Å². The molecule has 0 atom stereocenters. The molecule has 0 spiro atoms. The first kappa shape index (κ1) is 8.77. The van der Waals surface area contributed by atoms with Gasteiger partial charge in [0.25, 0.3) is 10.9 Å². The highest BCUT2D eigenvalue weighted by Crippen LogP contribution is 2.19. The van der Waals surface area contributed by atoms with Crippen molar-refractivity contribution >= 4 is 5.69 Å². The quantitative estimate of drug-likeness (QED) is 0.603. The summed E-state index contributed by atoms with van der Waals surface area (Å²) in [6.45, 7) is 5.34. The van der Waals surface area contributed by atoms with Gasteiger partial charge in [0.2, 0.25) is 0 Å². The van der Waals surface area contributed by atoms with E-state index in [9.17, 15) is 9.59 Å². The van der Waals surface area contributed by atoms with E-state index in [4.69, 9.17) is 10.5 Å². The summed E-state index contributed by atoms with van der Waals surface area (Å²) in [5.41, 5.74) is 3.43. The molecule has 0 radical (unpaired) electrons. The van der Waals surface area contributed by atoms with Crippen molar-refractivity contribution in [3.63, 3.8) is 0 Å². The molecule has 2 N–H and O–H groups in total. The van der Waals surface area contributed by atoms with Crippen molar-refractivity contribution < 1.29 is 4.74 Å². The molecule has 4 heteroatoms. The van der Waals surface area contributed by atoms with Gasteiger partial charge in [0.05, 0.1) is 0 Å². The Balaban J connectivity index is 2.95. The molecule has 0 bridgehead atoms. The highest BCUT2D eigenvalue weighted by molar-refractivity contribution is 5.58. The van der Waals surface area contributed by atoms with Gasteiger partial charge in [-0.25, -0.2) is 0 Å². The molecule has 0 aliphatic rings. The standard InChI is InChI=1S/C8H11NO3/c1-8(2,3)12-7-4(9)5(10)6(7)11/h9H2,1-3H3. The highest BCUT2D eigenvalue weighted by Gasteiger charge is 2.24. The topological polar surface area (TPSA) is 69.4 Å². The van der Waals surface area contributed by atoms with Crippen LogP contribution >= 0.6 is 0 Å². The Morgan fingerprint density at radius 2 is 1.67 bits per heavy atom. The fraction of sp³-hybridized carbons (Fsp3) is 0.500. The van der Waals surface area contributed by atoms with Crippen molar-refractivity contribution in [2.45, 2.75) is 26.4 Å². The predicted octanol–water partition coefficient (Wildman–Crippen LogP) is 0.0421. The van der Waals surface area contributed by atoms with Gasteiger partial charge in [0, 0.05) is 0 Å². The van der Waals surface area contributed by atoms with Gasteiger partial charge in [-0.2, -0.15) is 0 Å². The van der Waals surface area contributed by atoms with Crippen molar-refractivity contribution in [2.24, 2.45) is 0 Å². The first-order valence-electron chi connectivity index (χ1n) is 3.61. The van der Waals surface area contributed by atoms with Crippen LogP contribution in [-0.4, -0.2) is 5.60 Å². The number of nitrogens with two attached hydrogens (primary N) is 1. The van der Waals surface area contributed by atoms with Gasteiger partial charge in [-0.1, -0.05) is 0 Å². The van der Waals surface area contributed by atoms with Crippen molar-refractivity contribution in [1.82, 2.24) is 0 Å². The van der Waals surface area contributed by atoms with Crippen LogP contribution in [0, 0.1) is 0 Å². The molecular formula is C8H11NO3. The Bertz CT molecular complexity index is 366. The van der Waals surface area contributed by atoms with E-state index < -0.39 is 16.5 Å². The van der Waals surface area contributed by atoms with Crippen LogP contribution in [0.3, 0.4) is 0 Å². The van der Waals surface area contributed by atoms with E-state index in [0.717, 1.165) is 0 Å². The van der Waals surface area contributed by atoms with Gasteiger partial charge in [-0.15, -0.1) is 0 Å². The van der Waals surface area contributed by atoms with Crippen LogP contribution in [0.2, 0.25) is 0 Å². The SMILES string of the molecule is CC(C)(C)Oc1c(N)c(=O)c1=O. The number of anilines is 1. The van der Waals surface area contributed by atoms with Gasteiger partial charge in [-0.3, -0.25) is 9.59 Å². The summed E-state index contributed by atoms with van der Waals surface area (Å²) in [7, 11) is 0. The van der Waals surface area contributed by atoms with Crippen LogP contribution in [0.15, 0.2) is 9.59 Å². The van der Waals surface area contributed by atoms with Crippen LogP contribution in [0.25, 0.3) is 0 Å². The second-order valence-corrected chi connectivity index (χ2v) is 3.62. The summed E-state index contributed by atoms with van der Waals surface area (Å²) in [5.74, 6) is 0.00694. The second kappa shape index (κ2) is 2.33. The summed E-state index contributed by atoms with van der Waals surface area (Å²) < 4.78 is 5.15. The lowest BCUT2D eigenvalue weighted by molar-refractivity contribution is 0.128. The summed E-state index contributed by atoms with van der Waals surface area (Å²) in [4.78, 5) is 21.5. The molecule has 4 nitrogen and oxygen atoms in total. The maximum Gasteiger partial charge on any atom is 0.272 e. The summed E-state index contributed by atoms with van der Waals surface area (Å²) in [5, 5.41) is 0. The van der Waals surface area contributed by atoms with Gasteiger partial charge in [-0.05, 0) is 20.8 Å². The fourth-order valence-corrected chi connectivity index (χ4v) is 0.796. The average Bonchev–Trinajstić information content (AvgIpc) is 1.96. The van der Waals surface area contributed by atoms with Gasteiger partial charge in [0.1, 0.15) is 11.3 Å². The fourth-order valence-electron chi connectivity index (χ4n) is 0.796. The van der Waals surface area contributed by atoms with Crippen molar-refractivity contribution in [2.75, 3.05) is 5.73 Å². The number of rotatable bonds is 1. The molecule has 0 aliphatic carbocycles. The van der Waals surface area contributed by atoms with E-state index in [1.807, 2.05) is 0 Å². The summed E-state index contributed by atoms with van der Waals surface area (Å²) in [6.07, 6.45) is 0. The van der Waals surface area contributed by atoms with Crippen LogP contribution in [0.1, 0.15) is 20.8 Å². The Kier molecular flexibility index (Phi) is 1.71. The highest BCUT2D eigenvalue weighted by atomic mass is 16.5. The van der Waals surface area contributed by atoms with Crippen LogP contribution in [-0.2, 0) is 0 Å². The van der Waals surface area contributed by atoms with E-state index in [0.29, 0.717) is 0 Å². The molecule has 1 aromatic carbocycles. The van der Waals surface area contributed by atoms with Crippen LogP contribution < -0.4 is 21.3 Å². The van der Waals surface area contributed by atoms with E-state index >= 15 is 0 Å². The maximum absolute atomic E-state index is 10.8. The largest absolute Gasteiger partial charge is 0.482 e. The number of ether oxygens (including phenoxy) is 1. The maximum atomic E-state index is 10.8. The molecule has 0 saturated heterocycles. The third kappa shape index (κ3) is 1.32. The predicted molar refractivity (Wildman–Crippen MR) is 46.1 cm³/mol. The minimum atomic E-state index is -0.644. The third-order valence-corrected chi connectivity index (χ3v) is 1.31. The molecule has 1 rings (SSSR count). The summed E-state index contributed by atoms with van der Waals surface area (Å²) >= 11 is 0. The molecule has 1 aromatic rings. The Hall–Kier alpha value is -1.32. The first-order valence-corrected chi connectivity index (χ1v) is 3.61. The third-order valence-electron chi connectivity index (χ3n) is 1.31.